The van der Waals surface area contributed by atoms with Gasteiger partial charge >= 0.3 is 0 Å². The first kappa shape index (κ1) is 22.7. The van der Waals surface area contributed by atoms with E-state index < -0.39 is 4.92 Å². The third-order valence-corrected chi connectivity index (χ3v) is 5.84. The van der Waals surface area contributed by atoms with Crippen molar-refractivity contribution in [3.63, 3.8) is 0 Å². The molecule has 1 aliphatic heterocycles. The number of carbonyl (C=O) groups is 1. The number of ether oxygens (including phenoxy) is 1. The van der Waals surface area contributed by atoms with Gasteiger partial charge in [0.15, 0.2) is 0 Å². The molecule has 0 atom stereocenters. The number of hydrogen-bond acceptors (Lipinski definition) is 6. The summed E-state index contributed by atoms with van der Waals surface area (Å²) in [5.41, 5.74) is 4.21. The van der Waals surface area contributed by atoms with Crippen LogP contribution >= 0.6 is 0 Å². The summed E-state index contributed by atoms with van der Waals surface area (Å²) in [6.45, 7) is 9.95. The lowest BCUT2D eigenvalue weighted by atomic mass is 10.1. The lowest BCUT2D eigenvalue weighted by Gasteiger charge is -2.34. The summed E-state index contributed by atoms with van der Waals surface area (Å²) < 4.78 is 5.48. The van der Waals surface area contributed by atoms with Crippen molar-refractivity contribution in [2.75, 3.05) is 45.2 Å². The molecule has 166 valence electrons. The summed E-state index contributed by atoms with van der Waals surface area (Å²) in [7, 11) is 1.69. The summed E-state index contributed by atoms with van der Waals surface area (Å²) in [6.07, 6.45) is 0. The Morgan fingerprint density at radius 2 is 1.77 bits per heavy atom. The van der Waals surface area contributed by atoms with Gasteiger partial charge in [0.25, 0.3) is 5.69 Å². The standard InChI is InChI=1S/C23H30N4O4/c1-16-5-8-21(31-4)19(13-16)14-25-9-11-26(12-10-25)15-22(28)24-23-18(3)17(2)6-7-20(23)27(29)30/h5-8,13H,9-12,14-15H2,1-4H3,(H,24,28). The van der Waals surface area contributed by atoms with Crippen molar-refractivity contribution in [3.05, 3.63) is 62.7 Å². The van der Waals surface area contributed by atoms with Gasteiger partial charge in [-0.3, -0.25) is 24.7 Å². The molecular weight excluding hydrogens is 396 g/mol. The van der Waals surface area contributed by atoms with E-state index >= 15 is 0 Å². The first-order chi connectivity index (χ1) is 14.8. The molecule has 1 N–H and O–H groups in total. The second kappa shape index (κ2) is 9.89. The molecule has 1 fully saturated rings. The summed E-state index contributed by atoms with van der Waals surface area (Å²) in [5.74, 6) is 0.660. The SMILES string of the molecule is COc1ccc(C)cc1CN1CCN(CC(=O)Nc2c([N+](=O)[O-])ccc(C)c2C)CC1. The summed E-state index contributed by atoms with van der Waals surface area (Å²) in [4.78, 5) is 27.9. The monoisotopic (exact) mass is 426 g/mol. The highest BCUT2D eigenvalue weighted by Gasteiger charge is 2.23. The quantitative estimate of drug-likeness (QED) is 0.540. The average Bonchev–Trinajstić information content (AvgIpc) is 2.73. The van der Waals surface area contributed by atoms with Crippen LogP contribution < -0.4 is 10.1 Å². The molecule has 8 nitrogen and oxygen atoms in total. The Morgan fingerprint density at radius 1 is 1.10 bits per heavy atom. The molecule has 1 amide bonds. The minimum atomic E-state index is -0.458. The molecule has 0 bridgehead atoms. The smallest absolute Gasteiger partial charge is 0.293 e. The topological polar surface area (TPSA) is 88.0 Å². The number of aryl methyl sites for hydroxylation is 2. The third kappa shape index (κ3) is 5.59. The fourth-order valence-electron chi connectivity index (χ4n) is 3.87. The van der Waals surface area contributed by atoms with Crippen LogP contribution in [0.15, 0.2) is 30.3 Å². The molecule has 8 heteroatoms. The first-order valence-corrected chi connectivity index (χ1v) is 10.4. The number of nitrogens with one attached hydrogen (secondary N) is 1. The van der Waals surface area contributed by atoms with Gasteiger partial charge in [0.1, 0.15) is 11.4 Å². The van der Waals surface area contributed by atoms with E-state index in [4.69, 9.17) is 4.74 Å². The molecule has 0 aromatic heterocycles. The molecule has 1 saturated heterocycles. The van der Waals surface area contributed by atoms with Crippen molar-refractivity contribution >= 4 is 17.3 Å². The lowest BCUT2D eigenvalue weighted by molar-refractivity contribution is -0.384. The van der Waals surface area contributed by atoms with Gasteiger partial charge in [-0.1, -0.05) is 23.8 Å². The zero-order valence-corrected chi connectivity index (χ0v) is 18.6. The van der Waals surface area contributed by atoms with Gasteiger partial charge in [0.2, 0.25) is 5.91 Å². The third-order valence-electron chi connectivity index (χ3n) is 5.84. The van der Waals surface area contributed by atoms with Crippen molar-refractivity contribution in [1.82, 2.24) is 9.80 Å². The van der Waals surface area contributed by atoms with Gasteiger partial charge in [-0.05, 0) is 38.0 Å². The molecule has 0 saturated carbocycles. The molecule has 1 aliphatic rings. The van der Waals surface area contributed by atoms with Gasteiger partial charge in [-0.25, -0.2) is 0 Å². The Kier molecular flexibility index (Phi) is 7.25. The van der Waals surface area contributed by atoms with Crippen LogP contribution in [0.2, 0.25) is 0 Å². The minimum absolute atomic E-state index is 0.0756. The summed E-state index contributed by atoms with van der Waals surface area (Å²) in [5, 5.41) is 14.1. The second-order valence-corrected chi connectivity index (χ2v) is 8.07. The van der Waals surface area contributed by atoms with Crippen molar-refractivity contribution in [2.45, 2.75) is 27.3 Å². The van der Waals surface area contributed by atoms with E-state index in [0.29, 0.717) is 5.69 Å². The van der Waals surface area contributed by atoms with Gasteiger partial charge in [0, 0.05) is 44.4 Å². The van der Waals surface area contributed by atoms with Crippen LogP contribution in [-0.2, 0) is 11.3 Å². The number of amides is 1. The van der Waals surface area contributed by atoms with Crippen LogP contribution in [0.25, 0.3) is 0 Å². The second-order valence-electron chi connectivity index (χ2n) is 8.07. The van der Waals surface area contributed by atoms with Crippen LogP contribution in [-0.4, -0.2) is 60.5 Å². The fraction of sp³-hybridized carbons (Fsp3) is 0.435. The largest absolute Gasteiger partial charge is 0.496 e. The van der Waals surface area contributed by atoms with Crippen LogP contribution in [0.1, 0.15) is 22.3 Å². The molecule has 0 unspecified atom stereocenters. The van der Waals surface area contributed by atoms with E-state index in [1.165, 1.54) is 11.6 Å². The van der Waals surface area contributed by atoms with Crippen LogP contribution in [0.4, 0.5) is 11.4 Å². The lowest BCUT2D eigenvalue weighted by Crippen LogP contribution is -2.48. The predicted molar refractivity (Wildman–Crippen MR) is 121 cm³/mol. The molecule has 2 aromatic rings. The molecular formula is C23H30N4O4. The van der Waals surface area contributed by atoms with Gasteiger partial charge in [0.05, 0.1) is 18.6 Å². The van der Waals surface area contributed by atoms with E-state index in [9.17, 15) is 14.9 Å². The molecule has 2 aromatic carbocycles. The van der Waals surface area contributed by atoms with Gasteiger partial charge < -0.3 is 10.1 Å². The predicted octanol–water partition coefficient (Wildman–Crippen LogP) is 3.28. The van der Waals surface area contributed by atoms with E-state index in [1.807, 2.05) is 19.1 Å². The highest BCUT2D eigenvalue weighted by Crippen LogP contribution is 2.30. The summed E-state index contributed by atoms with van der Waals surface area (Å²) in [6, 6.07) is 9.33. The highest BCUT2D eigenvalue weighted by atomic mass is 16.6. The van der Waals surface area contributed by atoms with Crippen molar-refractivity contribution in [3.8, 4) is 5.75 Å². The number of anilines is 1. The minimum Gasteiger partial charge on any atom is -0.496 e. The van der Waals surface area contributed by atoms with Gasteiger partial charge in [-0.15, -0.1) is 0 Å². The average molecular weight is 427 g/mol. The number of piperazine rings is 1. The zero-order valence-electron chi connectivity index (χ0n) is 18.6. The Balaban J connectivity index is 1.56. The Morgan fingerprint density at radius 3 is 2.42 bits per heavy atom. The maximum Gasteiger partial charge on any atom is 0.293 e. The maximum absolute atomic E-state index is 12.6. The van der Waals surface area contributed by atoms with E-state index in [1.54, 1.807) is 20.1 Å². The number of hydrogen-bond donors (Lipinski definition) is 1. The van der Waals surface area contributed by atoms with Crippen LogP contribution in [0.3, 0.4) is 0 Å². The molecule has 0 aliphatic carbocycles. The Labute approximate surface area is 182 Å². The van der Waals surface area contributed by atoms with Crippen molar-refractivity contribution in [1.29, 1.82) is 0 Å². The number of benzene rings is 2. The number of nitro benzene ring substituents is 1. The highest BCUT2D eigenvalue weighted by molar-refractivity contribution is 5.95. The number of carbonyl (C=O) groups excluding carboxylic acids is 1. The molecule has 1 heterocycles. The number of nitrogens with zero attached hydrogens (tertiary/aromatic N) is 3. The first-order valence-electron chi connectivity index (χ1n) is 10.4. The molecule has 31 heavy (non-hydrogen) atoms. The fourth-order valence-corrected chi connectivity index (χ4v) is 3.87. The zero-order chi connectivity index (χ0) is 22.5. The molecule has 0 radical (unpaired) electrons. The Bertz CT molecular complexity index is 968. The van der Waals surface area contributed by atoms with Crippen LogP contribution in [0, 0.1) is 30.9 Å². The van der Waals surface area contributed by atoms with Gasteiger partial charge in [-0.2, -0.15) is 0 Å². The number of nitro groups is 1. The number of rotatable bonds is 7. The van der Waals surface area contributed by atoms with Crippen molar-refractivity contribution < 1.29 is 14.5 Å². The molecule has 3 rings (SSSR count). The van der Waals surface area contributed by atoms with E-state index in [0.717, 1.165) is 55.2 Å². The Hall–Kier alpha value is -2.97. The van der Waals surface area contributed by atoms with Crippen molar-refractivity contribution in [2.24, 2.45) is 0 Å². The maximum atomic E-state index is 12.6. The number of methoxy groups -OCH3 is 1. The molecule has 0 spiro atoms. The van der Waals surface area contributed by atoms with E-state index in [-0.39, 0.29) is 18.1 Å². The van der Waals surface area contributed by atoms with Crippen LogP contribution in [0.5, 0.6) is 5.75 Å². The van der Waals surface area contributed by atoms with E-state index in [2.05, 4.69) is 28.1 Å². The normalized spacial score (nSPS) is 15.0. The summed E-state index contributed by atoms with van der Waals surface area (Å²) >= 11 is 0.